The zero-order valence-electron chi connectivity index (χ0n) is 14.1. The molecule has 0 unspecified atom stereocenters. The Bertz CT molecular complexity index is 859. The van der Waals surface area contributed by atoms with Gasteiger partial charge in [0.05, 0.1) is 18.3 Å². The molecule has 1 aliphatic rings. The van der Waals surface area contributed by atoms with Gasteiger partial charge < -0.3 is 15.2 Å². The smallest absolute Gasteiger partial charge is 0.228 e. The van der Waals surface area contributed by atoms with Crippen LogP contribution in [0.4, 0.5) is 11.4 Å². The van der Waals surface area contributed by atoms with Crippen LogP contribution in [0, 0.1) is 23.8 Å². The summed E-state index contributed by atoms with van der Waals surface area (Å²) in [6.07, 6.45) is 4.83. The van der Waals surface area contributed by atoms with E-state index in [-0.39, 0.29) is 24.8 Å². The highest BCUT2D eigenvalue weighted by Gasteiger charge is 2.34. The number of carbonyl (C=O) groups excluding carboxylic acids is 1. The van der Waals surface area contributed by atoms with Crippen LogP contribution in [0.1, 0.15) is 26.2 Å². The molecule has 25 heavy (non-hydrogen) atoms. The molecule has 7 heteroatoms. The molecule has 0 aliphatic carbocycles. The summed E-state index contributed by atoms with van der Waals surface area (Å²) in [6, 6.07) is 4.01. The zero-order chi connectivity index (χ0) is 17.8. The number of nitrogens with zero attached hydrogens (tertiary/aromatic N) is 4. The molecule has 2 aromatic heterocycles. The largest absolute Gasteiger partial charge is 0.388 e. The second kappa shape index (κ2) is 7.23. The van der Waals surface area contributed by atoms with Crippen LogP contribution >= 0.6 is 0 Å². The van der Waals surface area contributed by atoms with Gasteiger partial charge in [-0.1, -0.05) is 6.92 Å². The van der Waals surface area contributed by atoms with E-state index < -0.39 is 0 Å². The molecule has 3 heterocycles. The van der Waals surface area contributed by atoms with E-state index in [1.165, 1.54) is 0 Å². The van der Waals surface area contributed by atoms with E-state index in [9.17, 15) is 4.79 Å². The van der Waals surface area contributed by atoms with Crippen molar-refractivity contribution in [1.82, 2.24) is 14.9 Å². The van der Waals surface area contributed by atoms with Crippen molar-refractivity contribution in [3.05, 3.63) is 29.9 Å². The van der Waals surface area contributed by atoms with Gasteiger partial charge in [0.1, 0.15) is 5.65 Å². The molecule has 3 rings (SSSR count). The number of nitriles is 1. The first kappa shape index (κ1) is 16.8. The van der Waals surface area contributed by atoms with E-state index in [0.717, 1.165) is 23.1 Å². The Morgan fingerprint density at radius 2 is 2.44 bits per heavy atom. The first-order valence-electron chi connectivity index (χ1n) is 8.42. The van der Waals surface area contributed by atoms with Gasteiger partial charge in [0, 0.05) is 49.8 Å². The first-order valence-corrected chi connectivity index (χ1v) is 8.42. The summed E-state index contributed by atoms with van der Waals surface area (Å²) in [5, 5.41) is 13.1. The standard InChI is InChI=1S/C18H20N6O/c1-3-12-10-24(16(25)5-4-7-19)11-15(12)23-17-13-6-8-21-18(13)22-9-14(17)20-2/h6,8-9,12,15H,3-5,10-11H2,1H3,(H2,21,22,23)/t12-,15+/m1/s1. The van der Waals surface area contributed by atoms with Gasteiger partial charge in [-0.25, -0.2) is 4.85 Å². The normalized spacial score (nSPS) is 19.6. The average Bonchev–Trinajstić information content (AvgIpc) is 3.26. The lowest BCUT2D eigenvalue weighted by Crippen LogP contribution is -2.31. The fourth-order valence-corrected chi connectivity index (χ4v) is 3.39. The topological polar surface area (TPSA) is 89.2 Å². The lowest BCUT2D eigenvalue weighted by atomic mass is 10.0. The fraction of sp³-hybridized carbons (Fsp3) is 0.444. The molecule has 1 saturated heterocycles. The predicted octanol–water partition coefficient (Wildman–Crippen LogP) is 3.07. The van der Waals surface area contributed by atoms with Gasteiger partial charge in [-0.15, -0.1) is 0 Å². The van der Waals surface area contributed by atoms with Crippen LogP contribution in [0.25, 0.3) is 15.9 Å². The third-order valence-electron chi connectivity index (χ3n) is 4.79. The van der Waals surface area contributed by atoms with E-state index >= 15 is 0 Å². The first-order chi connectivity index (χ1) is 12.2. The molecule has 2 aromatic rings. The maximum atomic E-state index is 12.2. The number of likely N-dealkylation sites (tertiary alicyclic amines) is 1. The molecule has 7 nitrogen and oxygen atoms in total. The van der Waals surface area contributed by atoms with E-state index in [4.69, 9.17) is 11.8 Å². The van der Waals surface area contributed by atoms with E-state index in [0.29, 0.717) is 24.7 Å². The number of aromatic nitrogens is 2. The van der Waals surface area contributed by atoms with Crippen molar-refractivity contribution in [3.63, 3.8) is 0 Å². The second-order valence-electron chi connectivity index (χ2n) is 6.25. The van der Waals surface area contributed by atoms with Crippen LogP contribution in [-0.4, -0.2) is 39.9 Å². The Balaban J connectivity index is 1.83. The minimum atomic E-state index is 0.0243. The highest BCUT2D eigenvalue weighted by atomic mass is 16.2. The number of carbonyl (C=O) groups is 1. The van der Waals surface area contributed by atoms with Crippen molar-refractivity contribution < 1.29 is 4.79 Å². The van der Waals surface area contributed by atoms with Gasteiger partial charge in [0.15, 0.2) is 0 Å². The minimum Gasteiger partial charge on any atom is -0.388 e. The molecular formula is C18H20N6O. The van der Waals surface area contributed by atoms with Gasteiger partial charge >= 0.3 is 0 Å². The number of fused-ring (bicyclic) bond motifs is 1. The molecule has 0 aromatic carbocycles. The highest BCUT2D eigenvalue weighted by Crippen LogP contribution is 2.34. The number of anilines is 1. The maximum Gasteiger partial charge on any atom is 0.228 e. The van der Waals surface area contributed by atoms with Crippen LogP contribution in [0.3, 0.4) is 0 Å². The van der Waals surface area contributed by atoms with Crippen molar-refractivity contribution in [1.29, 1.82) is 5.26 Å². The van der Waals surface area contributed by atoms with Gasteiger partial charge in [-0.3, -0.25) is 9.78 Å². The molecule has 1 aliphatic heterocycles. The van der Waals surface area contributed by atoms with Crippen molar-refractivity contribution in [2.45, 2.75) is 32.2 Å². The Hall–Kier alpha value is -3.06. The minimum absolute atomic E-state index is 0.0243. The third kappa shape index (κ3) is 3.27. The van der Waals surface area contributed by atoms with Crippen molar-refractivity contribution in [3.8, 4) is 6.07 Å². The predicted molar refractivity (Wildman–Crippen MR) is 95.0 cm³/mol. The summed E-state index contributed by atoms with van der Waals surface area (Å²) in [4.78, 5) is 25.0. The Morgan fingerprint density at radius 3 is 3.16 bits per heavy atom. The van der Waals surface area contributed by atoms with Crippen LogP contribution in [0.15, 0.2) is 18.5 Å². The van der Waals surface area contributed by atoms with Gasteiger partial charge in [-0.2, -0.15) is 5.26 Å². The van der Waals surface area contributed by atoms with Gasteiger partial charge in [-0.05, 0) is 18.4 Å². The monoisotopic (exact) mass is 336 g/mol. The van der Waals surface area contributed by atoms with Gasteiger partial charge in [0.2, 0.25) is 11.6 Å². The molecule has 128 valence electrons. The zero-order valence-corrected chi connectivity index (χ0v) is 14.1. The van der Waals surface area contributed by atoms with E-state index in [1.807, 2.05) is 17.0 Å². The maximum absolute atomic E-state index is 12.2. The summed E-state index contributed by atoms with van der Waals surface area (Å²) in [7, 11) is 0. The van der Waals surface area contributed by atoms with E-state index in [2.05, 4.69) is 27.1 Å². The molecule has 2 N–H and O–H groups in total. The van der Waals surface area contributed by atoms with Crippen LogP contribution in [-0.2, 0) is 4.79 Å². The Labute approximate surface area is 146 Å². The Kier molecular flexibility index (Phi) is 4.85. The highest BCUT2D eigenvalue weighted by molar-refractivity contribution is 5.96. The number of hydrogen-bond donors (Lipinski definition) is 2. The molecule has 0 bridgehead atoms. The lowest BCUT2D eigenvalue weighted by molar-refractivity contribution is -0.130. The molecule has 0 saturated carbocycles. The lowest BCUT2D eigenvalue weighted by Gasteiger charge is -2.21. The summed E-state index contributed by atoms with van der Waals surface area (Å²) < 4.78 is 0. The number of pyridine rings is 1. The molecule has 1 fully saturated rings. The third-order valence-corrected chi connectivity index (χ3v) is 4.79. The average molecular weight is 336 g/mol. The molecular weight excluding hydrogens is 316 g/mol. The van der Waals surface area contributed by atoms with Gasteiger partial charge in [0.25, 0.3) is 0 Å². The van der Waals surface area contributed by atoms with Crippen LogP contribution in [0.2, 0.25) is 0 Å². The molecule has 0 radical (unpaired) electrons. The summed E-state index contributed by atoms with van der Waals surface area (Å²) >= 11 is 0. The van der Waals surface area contributed by atoms with Crippen molar-refractivity contribution in [2.24, 2.45) is 5.92 Å². The van der Waals surface area contributed by atoms with Crippen LogP contribution in [0.5, 0.6) is 0 Å². The second-order valence-corrected chi connectivity index (χ2v) is 6.25. The number of rotatable bonds is 5. The van der Waals surface area contributed by atoms with Crippen molar-refractivity contribution >= 4 is 28.3 Å². The number of aromatic amines is 1. The SMILES string of the molecule is [C-]#[N+]c1cnc2[nH]ccc2c1N[C@H]1CN(C(=O)CCC#N)C[C@H]1CC. The van der Waals surface area contributed by atoms with Crippen molar-refractivity contribution in [2.75, 3.05) is 18.4 Å². The molecule has 1 amide bonds. The molecule has 2 atom stereocenters. The Morgan fingerprint density at radius 1 is 1.60 bits per heavy atom. The van der Waals surface area contributed by atoms with Crippen LogP contribution < -0.4 is 5.32 Å². The fourth-order valence-electron chi connectivity index (χ4n) is 3.39. The quantitative estimate of drug-likeness (QED) is 0.821. The summed E-state index contributed by atoms with van der Waals surface area (Å²) in [5.41, 5.74) is 2.00. The number of hydrogen-bond acceptors (Lipinski definition) is 4. The number of amides is 1. The summed E-state index contributed by atoms with van der Waals surface area (Å²) in [5.74, 6) is 0.336. The molecule has 0 spiro atoms. The summed E-state index contributed by atoms with van der Waals surface area (Å²) in [6.45, 7) is 10.8. The van der Waals surface area contributed by atoms with E-state index in [1.54, 1.807) is 12.4 Å². The number of nitrogens with one attached hydrogen (secondary N) is 2. The number of H-pyrrole nitrogens is 1.